The quantitative estimate of drug-likeness (QED) is 0.647. The second-order valence-corrected chi connectivity index (χ2v) is 6.51. The van der Waals surface area contributed by atoms with Crippen molar-refractivity contribution >= 4 is 22.6 Å². The Morgan fingerprint density at radius 1 is 1.15 bits per heavy atom. The number of piperazine rings is 1. The molecule has 0 amide bonds. The van der Waals surface area contributed by atoms with Crippen molar-refractivity contribution in [3.05, 3.63) is 60.1 Å². The fourth-order valence-corrected chi connectivity index (χ4v) is 3.43. The fraction of sp³-hybridized carbons (Fsp3) is 0.300. The Bertz CT molecular complexity index is 911. The molecular weight excluding hydrogens is 337 g/mol. The molecule has 1 N–H and O–H groups in total. The minimum absolute atomic E-state index is 0. The molecule has 0 bridgehead atoms. The van der Waals surface area contributed by atoms with E-state index in [0.717, 1.165) is 55.9 Å². The molecule has 3 aromatic rings. The Labute approximate surface area is 171 Å². The van der Waals surface area contributed by atoms with Gasteiger partial charge in [0.15, 0.2) is 5.58 Å². The second kappa shape index (κ2) is 8.62. The van der Waals surface area contributed by atoms with Crippen molar-refractivity contribution in [2.24, 2.45) is 0 Å². The maximum atomic E-state index is 11.2. The zero-order valence-corrected chi connectivity index (χ0v) is 15.5. The Morgan fingerprint density at radius 2 is 1.96 bits per heavy atom. The van der Waals surface area contributed by atoms with E-state index in [0.29, 0.717) is 5.58 Å². The zero-order valence-electron chi connectivity index (χ0n) is 16.5. The summed E-state index contributed by atoms with van der Waals surface area (Å²) in [6, 6.07) is 13.5. The Kier molecular flexibility index (Phi) is 6.22. The van der Waals surface area contributed by atoms with E-state index in [1.54, 1.807) is 6.07 Å². The molecule has 0 saturated carbocycles. The summed E-state index contributed by atoms with van der Waals surface area (Å²) < 4.78 is 5.58. The second-order valence-electron chi connectivity index (χ2n) is 6.51. The molecule has 4 rings (SSSR count). The number of carbonyl (C=O) groups is 1. The van der Waals surface area contributed by atoms with Gasteiger partial charge >= 0.3 is 24.8 Å². The third-order valence-electron chi connectivity index (χ3n) is 4.86. The van der Waals surface area contributed by atoms with Crippen LogP contribution in [-0.2, 0) is 6.42 Å². The van der Waals surface area contributed by atoms with Crippen molar-refractivity contribution < 1.29 is 34.6 Å². The van der Waals surface area contributed by atoms with Crippen LogP contribution in [0.3, 0.4) is 0 Å². The first-order valence-corrected chi connectivity index (χ1v) is 8.84. The van der Waals surface area contributed by atoms with E-state index in [4.69, 9.17) is 9.52 Å². The summed E-state index contributed by atoms with van der Waals surface area (Å²) in [4.78, 5) is 20.3. The van der Waals surface area contributed by atoms with Crippen LogP contribution >= 0.6 is 0 Å². The zero-order chi connectivity index (χ0) is 17.9. The first kappa shape index (κ1) is 19.5. The summed E-state index contributed by atoms with van der Waals surface area (Å²) in [6.07, 6.45) is 2.79. The van der Waals surface area contributed by atoms with Gasteiger partial charge in [0.05, 0.1) is 5.69 Å². The SMILES string of the molecule is O=C(O)c1cc2cccc(N3CCN(CCc4ccccn4)CC3)c2o1.[H-].[Li+]. The summed E-state index contributed by atoms with van der Waals surface area (Å²) >= 11 is 0. The maximum Gasteiger partial charge on any atom is 1.00 e. The molecule has 0 spiro atoms. The average Bonchev–Trinajstić information content (AvgIpc) is 3.12. The number of carboxylic acid groups (broad SMARTS) is 1. The molecule has 1 aliphatic heterocycles. The van der Waals surface area contributed by atoms with Crippen LogP contribution in [0.25, 0.3) is 11.0 Å². The Hall–Kier alpha value is -2.26. The van der Waals surface area contributed by atoms with Crippen LogP contribution < -0.4 is 23.8 Å². The maximum absolute atomic E-state index is 11.2. The predicted molar refractivity (Wildman–Crippen MR) is 101 cm³/mol. The van der Waals surface area contributed by atoms with Gasteiger partial charge in [0.2, 0.25) is 5.76 Å². The number of anilines is 1. The van der Waals surface area contributed by atoms with E-state index in [1.807, 2.05) is 36.5 Å². The molecule has 0 aliphatic carbocycles. The third kappa shape index (κ3) is 4.36. The minimum Gasteiger partial charge on any atom is -1.00 e. The number of aromatic carboxylic acids is 1. The first-order chi connectivity index (χ1) is 12.7. The number of aromatic nitrogens is 1. The molecule has 0 radical (unpaired) electrons. The van der Waals surface area contributed by atoms with Gasteiger partial charge in [-0.25, -0.2) is 4.79 Å². The van der Waals surface area contributed by atoms with Crippen LogP contribution in [-0.4, -0.2) is 53.7 Å². The molecule has 7 heteroatoms. The van der Waals surface area contributed by atoms with Gasteiger partial charge in [-0.1, -0.05) is 18.2 Å². The number of furan rings is 1. The summed E-state index contributed by atoms with van der Waals surface area (Å²) in [5.74, 6) is -1.05. The standard InChI is InChI=1S/C20H21N3O3.Li.H/c24-20(25)18-14-15-4-3-6-17(19(15)26-18)23-12-10-22(11-13-23)9-7-16-5-1-2-8-21-16;;/h1-6,8,14H,7,9-13H2,(H,24,25);;/q;+1;-1. The molecule has 2 aromatic heterocycles. The molecule has 1 aromatic carbocycles. The van der Waals surface area contributed by atoms with E-state index < -0.39 is 5.97 Å². The van der Waals surface area contributed by atoms with Crippen molar-refractivity contribution in [1.29, 1.82) is 0 Å². The van der Waals surface area contributed by atoms with Gasteiger partial charge in [0, 0.05) is 56.4 Å². The van der Waals surface area contributed by atoms with Crippen LogP contribution in [0.4, 0.5) is 5.69 Å². The normalized spacial score (nSPS) is 14.9. The number of nitrogens with zero attached hydrogens (tertiary/aromatic N) is 3. The molecule has 3 heterocycles. The average molecular weight is 359 g/mol. The molecule has 1 aliphatic rings. The number of benzene rings is 1. The topological polar surface area (TPSA) is 69.8 Å². The van der Waals surface area contributed by atoms with Crippen LogP contribution in [0.5, 0.6) is 0 Å². The van der Waals surface area contributed by atoms with E-state index in [2.05, 4.69) is 20.9 Å². The molecule has 136 valence electrons. The number of hydrogen-bond donors (Lipinski definition) is 1. The number of pyridine rings is 1. The van der Waals surface area contributed by atoms with Crippen molar-refractivity contribution in [3.63, 3.8) is 0 Å². The monoisotopic (exact) mass is 359 g/mol. The summed E-state index contributed by atoms with van der Waals surface area (Å²) in [6.45, 7) is 4.72. The van der Waals surface area contributed by atoms with E-state index in [1.165, 1.54) is 0 Å². The van der Waals surface area contributed by atoms with Gasteiger partial charge in [0.25, 0.3) is 0 Å². The molecule has 6 nitrogen and oxygen atoms in total. The summed E-state index contributed by atoms with van der Waals surface area (Å²) in [5.41, 5.74) is 2.75. The van der Waals surface area contributed by atoms with Crippen molar-refractivity contribution in [2.75, 3.05) is 37.6 Å². The van der Waals surface area contributed by atoms with Crippen LogP contribution in [0, 0.1) is 0 Å². The van der Waals surface area contributed by atoms with Gasteiger partial charge in [-0.2, -0.15) is 0 Å². The van der Waals surface area contributed by atoms with Gasteiger partial charge in [0.1, 0.15) is 0 Å². The van der Waals surface area contributed by atoms with E-state index >= 15 is 0 Å². The van der Waals surface area contributed by atoms with Gasteiger partial charge in [-0.3, -0.25) is 9.88 Å². The molecule has 1 fully saturated rings. The largest absolute Gasteiger partial charge is 1.00 e. The number of para-hydroxylation sites is 1. The van der Waals surface area contributed by atoms with E-state index in [-0.39, 0.29) is 26.0 Å². The van der Waals surface area contributed by atoms with Gasteiger partial charge in [-0.05, 0) is 24.3 Å². The first-order valence-electron chi connectivity index (χ1n) is 8.84. The summed E-state index contributed by atoms with van der Waals surface area (Å²) in [5, 5.41) is 9.99. The predicted octanol–water partition coefficient (Wildman–Crippen LogP) is 0.00720. The number of carboxylic acids is 1. The molecular formula is C20H22LiN3O3. The van der Waals surface area contributed by atoms with Gasteiger partial charge in [-0.15, -0.1) is 0 Å². The number of rotatable bonds is 5. The van der Waals surface area contributed by atoms with Crippen molar-refractivity contribution in [1.82, 2.24) is 9.88 Å². The Morgan fingerprint density at radius 3 is 2.67 bits per heavy atom. The minimum atomic E-state index is -1.04. The number of fused-ring (bicyclic) bond motifs is 1. The fourth-order valence-electron chi connectivity index (χ4n) is 3.43. The molecule has 1 saturated heterocycles. The van der Waals surface area contributed by atoms with Crippen molar-refractivity contribution in [2.45, 2.75) is 6.42 Å². The summed E-state index contributed by atoms with van der Waals surface area (Å²) in [7, 11) is 0. The van der Waals surface area contributed by atoms with Crippen LogP contribution in [0.1, 0.15) is 17.7 Å². The molecule has 27 heavy (non-hydrogen) atoms. The molecule has 0 atom stereocenters. The van der Waals surface area contributed by atoms with Gasteiger partial charge < -0.3 is 15.9 Å². The Balaban J connectivity index is 0.00000140. The smallest absolute Gasteiger partial charge is 1.00 e. The van der Waals surface area contributed by atoms with E-state index in [9.17, 15) is 4.79 Å². The third-order valence-corrected chi connectivity index (χ3v) is 4.86. The van der Waals surface area contributed by atoms with Crippen LogP contribution in [0.15, 0.2) is 53.1 Å². The van der Waals surface area contributed by atoms with Crippen molar-refractivity contribution in [3.8, 4) is 0 Å². The molecule has 0 unspecified atom stereocenters. The number of hydrogen-bond acceptors (Lipinski definition) is 5. The van der Waals surface area contributed by atoms with Crippen LogP contribution in [0.2, 0.25) is 0 Å².